The molecule has 2 fully saturated rings. The topological polar surface area (TPSA) is 9.23 Å². The predicted molar refractivity (Wildman–Crippen MR) is 45.5 cm³/mol. The van der Waals surface area contributed by atoms with E-state index in [1.54, 1.807) is 0 Å². The van der Waals surface area contributed by atoms with Gasteiger partial charge >= 0.3 is 0 Å². The molecule has 1 aliphatic carbocycles. The highest BCUT2D eigenvalue weighted by Crippen LogP contribution is 2.53. The van der Waals surface area contributed by atoms with Crippen LogP contribution in [0, 0.1) is 11.8 Å². The van der Waals surface area contributed by atoms with E-state index in [2.05, 4.69) is 13.8 Å². The second kappa shape index (κ2) is 2.26. The molecule has 1 saturated carbocycles. The molecule has 0 spiro atoms. The third kappa shape index (κ3) is 0.822. The molecule has 0 aromatic heterocycles. The molecule has 2 rings (SSSR count). The molecule has 1 aliphatic heterocycles. The fourth-order valence-electron chi connectivity index (χ4n) is 2.83. The molecule has 1 unspecified atom stereocenters. The Morgan fingerprint density at radius 3 is 2.64 bits per heavy atom. The van der Waals surface area contributed by atoms with Crippen LogP contribution in [-0.2, 0) is 4.74 Å². The summed E-state index contributed by atoms with van der Waals surface area (Å²) < 4.78 is 5.79. The number of hydrogen-bond donors (Lipinski definition) is 0. The van der Waals surface area contributed by atoms with Crippen molar-refractivity contribution in [2.45, 2.75) is 44.7 Å². The quantitative estimate of drug-likeness (QED) is 0.517. The van der Waals surface area contributed by atoms with Gasteiger partial charge in [0.15, 0.2) is 0 Å². The van der Waals surface area contributed by atoms with Gasteiger partial charge in [-0.1, -0.05) is 13.8 Å². The molecule has 1 nitrogen and oxygen atoms in total. The maximum absolute atomic E-state index is 5.85. The van der Waals surface area contributed by atoms with Gasteiger partial charge < -0.3 is 4.74 Å². The second-order valence-corrected chi connectivity index (χ2v) is 3.99. The first-order valence-corrected chi connectivity index (χ1v) is 4.63. The van der Waals surface area contributed by atoms with Crippen LogP contribution in [0.1, 0.15) is 33.1 Å². The number of fused-ring (bicyclic) bond motifs is 2. The average molecular weight is 150 g/mol. The van der Waals surface area contributed by atoms with E-state index in [1.807, 2.05) is 0 Å². The van der Waals surface area contributed by atoms with Crippen LogP contribution in [0.4, 0.5) is 0 Å². The fourth-order valence-corrected chi connectivity index (χ4v) is 2.83. The molecule has 0 N–H and O–H groups in total. The lowest BCUT2D eigenvalue weighted by Gasteiger charge is -2.30. The second-order valence-electron chi connectivity index (χ2n) is 3.99. The van der Waals surface area contributed by atoms with Gasteiger partial charge in [-0.05, 0) is 31.1 Å². The van der Waals surface area contributed by atoms with Crippen molar-refractivity contribution >= 4 is 7.85 Å². The van der Waals surface area contributed by atoms with Gasteiger partial charge in [0.05, 0.1) is 5.60 Å². The molecule has 0 aromatic carbocycles. The van der Waals surface area contributed by atoms with Gasteiger partial charge in [-0.25, -0.2) is 0 Å². The van der Waals surface area contributed by atoms with Crippen LogP contribution in [0.2, 0.25) is 0 Å². The van der Waals surface area contributed by atoms with Crippen molar-refractivity contribution in [1.82, 2.24) is 0 Å². The smallest absolute Gasteiger partial charge is 0.109 e. The molecule has 4 atom stereocenters. The van der Waals surface area contributed by atoms with Gasteiger partial charge in [-0.3, -0.25) is 0 Å². The molecule has 60 valence electrons. The van der Waals surface area contributed by atoms with Crippen LogP contribution >= 0.6 is 0 Å². The Labute approximate surface area is 69.9 Å². The number of ether oxygens (including phenoxy) is 1. The molecule has 0 aromatic rings. The first kappa shape index (κ1) is 7.66. The lowest BCUT2D eigenvalue weighted by atomic mass is 9.81. The molecule has 2 heteroatoms. The molecule has 2 aliphatic rings. The average Bonchev–Trinajstić information content (AvgIpc) is 2.42. The van der Waals surface area contributed by atoms with Crippen LogP contribution in [0.3, 0.4) is 0 Å². The van der Waals surface area contributed by atoms with E-state index in [-0.39, 0.29) is 11.6 Å². The summed E-state index contributed by atoms with van der Waals surface area (Å²) in [4.78, 5) is 0. The van der Waals surface area contributed by atoms with Crippen molar-refractivity contribution in [3.8, 4) is 0 Å². The Balaban J connectivity index is 2.24. The van der Waals surface area contributed by atoms with Crippen molar-refractivity contribution in [1.29, 1.82) is 0 Å². The predicted octanol–water partition coefficient (Wildman–Crippen LogP) is 1.71. The standard InChI is InChI=1S/C9H15BO/c1-3-9-5-4-7(6(9)2)8(10)11-9/h6-8H,3-5H2,1-2H3/t6?,7-,8+,9-/m0/s1. The third-order valence-electron chi connectivity index (χ3n) is 3.76. The van der Waals surface area contributed by atoms with Crippen molar-refractivity contribution in [3.05, 3.63) is 0 Å². The summed E-state index contributed by atoms with van der Waals surface area (Å²) in [6, 6.07) is 0.0266. The van der Waals surface area contributed by atoms with Gasteiger partial charge in [-0.15, -0.1) is 0 Å². The van der Waals surface area contributed by atoms with E-state index in [9.17, 15) is 0 Å². The lowest BCUT2D eigenvalue weighted by molar-refractivity contribution is -0.0489. The van der Waals surface area contributed by atoms with Crippen molar-refractivity contribution in [2.75, 3.05) is 0 Å². The van der Waals surface area contributed by atoms with E-state index in [0.717, 1.165) is 6.42 Å². The molecular weight excluding hydrogens is 135 g/mol. The Hall–Kier alpha value is 0.0249. The van der Waals surface area contributed by atoms with Gasteiger partial charge in [0.25, 0.3) is 0 Å². The molecule has 0 amide bonds. The molecule has 2 bridgehead atoms. The Morgan fingerprint density at radius 1 is 1.64 bits per heavy atom. The first-order chi connectivity index (χ1) is 5.19. The highest BCUT2D eigenvalue weighted by molar-refractivity contribution is 6.11. The summed E-state index contributed by atoms with van der Waals surface area (Å²) in [6.07, 6.45) is 3.62. The van der Waals surface area contributed by atoms with Crippen LogP contribution < -0.4 is 0 Å². The zero-order chi connectivity index (χ0) is 8.06. The van der Waals surface area contributed by atoms with Gasteiger partial charge in [0.1, 0.15) is 7.85 Å². The summed E-state index contributed by atoms with van der Waals surface area (Å²) >= 11 is 0. The highest BCUT2D eigenvalue weighted by Gasteiger charge is 2.54. The summed E-state index contributed by atoms with van der Waals surface area (Å²) in [5.41, 5.74) is 0.157. The Morgan fingerprint density at radius 2 is 2.36 bits per heavy atom. The minimum Gasteiger partial charge on any atom is -0.381 e. The van der Waals surface area contributed by atoms with Crippen LogP contribution in [-0.4, -0.2) is 19.5 Å². The van der Waals surface area contributed by atoms with Crippen molar-refractivity contribution in [2.24, 2.45) is 11.8 Å². The minimum absolute atomic E-state index is 0.0266. The minimum atomic E-state index is 0.0266. The third-order valence-corrected chi connectivity index (χ3v) is 3.76. The fraction of sp³-hybridized carbons (Fsp3) is 1.00. The van der Waals surface area contributed by atoms with Gasteiger partial charge in [-0.2, -0.15) is 0 Å². The normalized spacial score (nSPS) is 55.3. The first-order valence-electron chi connectivity index (χ1n) is 4.63. The summed E-state index contributed by atoms with van der Waals surface area (Å²) in [6.45, 7) is 4.49. The highest BCUT2D eigenvalue weighted by atomic mass is 16.5. The van der Waals surface area contributed by atoms with E-state index >= 15 is 0 Å². The van der Waals surface area contributed by atoms with Crippen molar-refractivity contribution < 1.29 is 4.74 Å². The van der Waals surface area contributed by atoms with E-state index < -0.39 is 0 Å². The van der Waals surface area contributed by atoms with E-state index in [1.165, 1.54) is 12.8 Å². The van der Waals surface area contributed by atoms with E-state index in [4.69, 9.17) is 12.6 Å². The van der Waals surface area contributed by atoms with Crippen LogP contribution in [0.25, 0.3) is 0 Å². The summed E-state index contributed by atoms with van der Waals surface area (Å²) in [5.74, 6) is 1.32. The van der Waals surface area contributed by atoms with Crippen molar-refractivity contribution in [3.63, 3.8) is 0 Å². The largest absolute Gasteiger partial charge is 0.381 e. The zero-order valence-electron chi connectivity index (χ0n) is 7.34. The van der Waals surface area contributed by atoms with Gasteiger partial charge in [0, 0.05) is 6.00 Å². The number of rotatable bonds is 1. The molecule has 1 saturated heterocycles. The SMILES string of the molecule is [B][C@@H]1O[C@@]2(CC)CC[C@H]1C2C. The monoisotopic (exact) mass is 150 g/mol. The lowest BCUT2D eigenvalue weighted by Crippen LogP contribution is -2.32. The maximum atomic E-state index is 5.85. The summed E-state index contributed by atoms with van der Waals surface area (Å²) in [7, 11) is 5.85. The maximum Gasteiger partial charge on any atom is 0.109 e. The van der Waals surface area contributed by atoms with Gasteiger partial charge in [0.2, 0.25) is 0 Å². The molecule has 2 radical (unpaired) electrons. The van der Waals surface area contributed by atoms with E-state index in [0.29, 0.717) is 11.8 Å². The van der Waals surface area contributed by atoms with Crippen LogP contribution in [0.15, 0.2) is 0 Å². The molecular formula is C9H15BO. The molecule has 1 heterocycles. The Kier molecular flexibility index (Phi) is 1.57. The molecule has 11 heavy (non-hydrogen) atoms. The zero-order valence-corrected chi connectivity index (χ0v) is 7.34. The van der Waals surface area contributed by atoms with Crippen LogP contribution in [0.5, 0.6) is 0 Å². The number of hydrogen-bond acceptors (Lipinski definition) is 1. The summed E-state index contributed by atoms with van der Waals surface area (Å²) in [5, 5.41) is 0. The Bertz CT molecular complexity index is 171.